The van der Waals surface area contributed by atoms with Crippen LogP contribution in [0.15, 0.2) is 12.1 Å². The smallest absolute Gasteiger partial charge is 0.323 e. The summed E-state index contributed by atoms with van der Waals surface area (Å²) in [6.45, 7) is 4.94. The van der Waals surface area contributed by atoms with Crippen LogP contribution in [0, 0.1) is 18.3 Å². The lowest BCUT2D eigenvalue weighted by molar-refractivity contribution is -0.138. The molecule has 0 spiro atoms. The maximum absolute atomic E-state index is 12.3. The Kier molecular flexibility index (Phi) is 5.21. The summed E-state index contributed by atoms with van der Waals surface area (Å²) >= 11 is 0. The number of carboxylic acids is 1. The van der Waals surface area contributed by atoms with Gasteiger partial charge in [0.05, 0.1) is 11.3 Å². The molecule has 6 nitrogen and oxygen atoms in total. The number of nitrogens with zero attached hydrogens (tertiary/aromatic N) is 3. The van der Waals surface area contributed by atoms with E-state index in [0.29, 0.717) is 17.7 Å². The van der Waals surface area contributed by atoms with Gasteiger partial charge in [-0.25, -0.2) is 4.98 Å². The lowest BCUT2D eigenvalue weighted by Crippen LogP contribution is -2.42. The van der Waals surface area contributed by atoms with Crippen LogP contribution < -0.4 is 0 Å². The van der Waals surface area contributed by atoms with Gasteiger partial charge in [0.1, 0.15) is 18.3 Å². The Bertz CT molecular complexity index is 563. The van der Waals surface area contributed by atoms with Gasteiger partial charge in [-0.1, -0.05) is 6.92 Å². The second-order valence-corrected chi connectivity index (χ2v) is 4.53. The minimum absolute atomic E-state index is 0.156. The number of aromatic nitrogens is 1. The van der Waals surface area contributed by atoms with E-state index in [1.54, 1.807) is 13.8 Å². The van der Waals surface area contributed by atoms with E-state index in [0.717, 1.165) is 0 Å². The Balaban J connectivity index is 3.09. The number of hydrogen-bond acceptors (Lipinski definition) is 4. The average Bonchev–Trinajstić information content (AvgIpc) is 2.42. The second-order valence-electron chi connectivity index (χ2n) is 4.53. The van der Waals surface area contributed by atoms with E-state index >= 15 is 0 Å². The normalized spacial score (nSPS) is 11.5. The predicted octanol–water partition coefficient (Wildman–Crippen LogP) is 1.59. The van der Waals surface area contributed by atoms with Crippen LogP contribution >= 0.6 is 0 Å². The predicted molar refractivity (Wildman–Crippen MR) is 72.1 cm³/mol. The van der Waals surface area contributed by atoms with E-state index in [1.165, 1.54) is 17.0 Å². The summed E-state index contributed by atoms with van der Waals surface area (Å²) in [7, 11) is 0. The topological polar surface area (TPSA) is 94.3 Å². The van der Waals surface area contributed by atoms with Gasteiger partial charge >= 0.3 is 5.97 Å². The Labute approximate surface area is 117 Å². The SMILES string of the molecule is CCC(C)N(CC(=O)O)C(=O)c1ccc(C#N)c(C)n1. The van der Waals surface area contributed by atoms with Crippen molar-refractivity contribution in [3.05, 3.63) is 29.1 Å². The maximum Gasteiger partial charge on any atom is 0.323 e. The maximum atomic E-state index is 12.3. The first-order valence-electron chi connectivity index (χ1n) is 6.31. The van der Waals surface area contributed by atoms with Crippen molar-refractivity contribution in [2.24, 2.45) is 0 Å². The molecule has 0 aliphatic carbocycles. The van der Waals surface area contributed by atoms with Gasteiger partial charge in [0.2, 0.25) is 0 Å². The second kappa shape index (κ2) is 6.66. The van der Waals surface area contributed by atoms with E-state index in [-0.39, 0.29) is 18.3 Å². The van der Waals surface area contributed by atoms with Crippen LogP contribution in [0.3, 0.4) is 0 Å². The summed E-state index contributed by atoms with van der Waals surface area (Å²) in [5, 5.41) is 17.7. The highest BCUT2D eigenvalue weighted by Gasteiger charge is 2.24. The van der Waals surface area contributed by atoms with Crippen molar-refractivity contribution in [1.82, 2.24) is 9.88 Å². The zero-order valence-corrected chi connectivity index (χ0v) is 11.8. The molecule has 1 atom stereocenters. The van der Waals surface area contributed by atoms with Crippen molar-refractivity contribution < 1.29 is 14.7 Å². The summed E-state index contributed by atoms with van der Waals surface area (Å²) in [6, 6.07) is 4.75. The molecule has 0 radical (unpaired) electrons. The van der Waals surface area contributed by atoms with Gasteiger partial charge in [0.25, 0.3) is 5.91 Å². The Morgan fingerprint density at radius 2 is 2.15 bits per heavy atom. The Morgan fingerprint density at radius 1 is 1.50 bits per heavy atom. The van der Waals surface area contributed by atoms with Crippen molar-refractivity contribution in [3.63, 3.8) is 0 Å². The fourth-order valence-corrected chi connectivity index (χ4v) is 1.74. The van der Waals surface area contributed by atoms with E-state index in [9.17, 15) is 9.59 Å². The monoisotopic (exact) mass is 275 g/mol. The van der Waals surface area contributed by atoms with E-state index in [2.05, 4.69) is 4.98 Å². The number of pyridine rings is 1. The van der Waals surface area contributed by atoms with Crippen LogP contribution in [0.5, 0.6) is 0 Å². The molecule has 0 aliphatic rings. The Morgan fingerprint density at radius 3 is 2.60 bits per heavy atom. The van der Waals surface area contributed by atoms with Gasteiger partial charge in [0, 0.05) is 6.04 Å². The molecule has 0 bridgehead atoms. The number of hydrogen-bond donors (Lipinski definition) is 1. The summed E-state index contributed by atoms with van der Waals surface area (Å²) in [5.41, 5.74) is 1.01. The molecule has 0 saturated heterocycles. The number of aliphatic carboxylic acids is 1. The number of carbonyl (C=O) groups excluding carboxylic acids is 1. The molecular weight excluding hydrogens is 258 g/mol. The molecule has 1 rings (SSSR count). The van der Waals surface area contributed by atoms with Crippen molar-refractivity contribution in [1.29, 1.82) is 5.26 Å². The summed E-state index contributed by atoms with van der Waals surface area (Å²) < 4.78 is 0. The third-order valence-electron chi connectivity index (χ3n) is 3.11. The molecule has 0 aliphatic heterocycles. The van der Waals surface area contributed by atoms with Crippen LogP contribution in [-0.2, 0) is 4.79 Å². The highest BCUT2D eigenvalue weighted by molar-refractivity contribution is 5.94. The first-order valence-corrected chi connectivity index (χ1v) is 6.31. The number of rotatable bonds is 5. The number of carboxylic acid groups (broad SMARTS) is 1. The van der Waals surface area contributed by atoms with Crippen molar-refractivity contribution >= 4 is 11.9 Å². The summed E-state index contributed by atoms with van der Waals surface area (Å²) in [4.78, 5) is 28.6. The van der Waals surface area contributed by atoms with Gasteiger partial charge in [-0.2, -0.15) is 5.26 Å². The zero-order chi connectivity index (χ0) is 15.3. The first kappa shape index (κ1) is 15.6. The molecule has 1 heterocycles. The number of nitriles is 1. The van der Waals surface area contributed by atoms with Gasteiger partial charge in [-0.15, -0.1) is 0 Å². The van der Waals surface area contributed by atoms with Crippen molar-refractivity contribution in [2.45, 2.75) is 33.2 Å². The molecule has 1 amide bonds. The molecule has 20 heavy (non-hydrogen) atoms. The fraction of sp³-hybridized carbons (Fsp3) is 0.429. The molecule has 1 aromatic rings. The van der Waals surface area contributed by atoms with Gasteiger partial charge < -0.3 is 10.0 Å². The minimum Gasteiger partial charge on any atom is -0.480 e. The average molecular weight is 275 g/mol. The standard InChI is InChI=1S/C14H17N3O3/c1-4-9(2)17(8-13(18)19)14(20)12-6-5-11(7-15)10(3)16-12/h5-6,9H,4,8H2,1-3H3,(H,18,19). The fourth-order valence-electron chi connectivity index (χ4n) is 1.74. The highest BCUT2D eigenvalue weighted by Crippen LogP contribution is 2.12. The minimum atomic E-state index is -1.07. The lowest BCUT2D eigenvalue weighted by Gasteiger charge is -2.26. The molecule has 1 aromatic heterocycles. The molecule has 0 aromatic carbocycles. The van der Waals surface area contributed by atoms with Crippen LogP contribution in [0.4, 0.5) is 0 Å². The van der Waals surface area contributed by atoms with Crippen LogP contribution in [0.1, 0.15) is 42.0 Å². The Hall–Kier alpha value is -2.42. The van der Waals surface area contributed by atoms with Gasteiger partial charge in [-0.05, 0) is 32.4 Å². The van der Waals surface area contributed by atoms with Crippen molar-refractivity contribution in [3.8, 4) is 6.07 Å². The van der Waals surface area contributed by atoms with Crippen LogP contribution in [0.2, 0.25) is 0 Å². The van der Waals surface area contributed by atoms with Crippen molar-refractivity contribution in [2.75, 3.05) is 6.54 Å². The van der Waals surface area contributed by atoms with Crippen LogP contribution in [0.25, 0.3) is 0 Å². The first-order chi connectivity index (χ1) is 9.40. The number of carbonyl (C=O) groups is 2. The summed E-state index contributed by atoms with van der Waals surface area (Å²) in [6.07, 6.45) is 0.647. The molecule has 6 heteroatoms. The van der Waals surface area contributed by atoms with Gasteiger partial charge in [0.15, 0.2) is 0 Å². The molecule has 106 valence electrons. The summed E-state index contributed by atoms with van der Waals surface area (Å²) in [5.74, 6) is -1.50. The molecule has 1 N–H and O–H groups in total. The largest absolute Gasteiger partial charge is 0.480 e. The van der Waals surface area contributed by atoms with Gasteiger partial charge in [-0.3, -0.25) is 9.59 Å². The highest BCUT2D eigenvalue weighted by atomic mass is 16.4. The van der Waals surface area contributed by atoms with E-state index < -0.39 is 11.9 Å². The zero-order valence-electron chi connectivity index (χ0n) is 11.8. The molecule has 0 fully saturated rings. The van der Waals surface area contributed by atoms with Crippen LogP contribution in [-0.4, -0.2) is 39.5 Å². The molecule has 0 saturated carbocycles. The lowest BCUT2D eigenvalue weighted by atomic mass is 10.1. The molecule has 1 unspecified atom stereocenters. The van der Waals surface area contributed by atoms with E-state index in [4.69, 9.17) is 10.4 Å². The molecular formula is C14H17N3O3. The number of amides is 1. The quantitative estimate of drug-likeness (QED) is 0.880. The third kappa shape index (κ3) is 3.54. The van der Waals surface area contributed by atoms with E-state index in [1.807, 2.05) is 13.0 Å². The third-order valence-corrected chi connectivity index (χ3v) is 3.11. The number of aryl methyl sites for hydroxylation is 1.